The minimum absolute atomic E-state index is 1.16. The molecular weight excluding hydrogens is 314 g/mol. The van der Waals surface area contributed by atoms with Crippen LogP contribution in [0.4, 0.5) is 0 Å². The summed E-state index contributed by atoms with van der Waals surface area (Å²) in [6.07, 6.45) is 24.5. The van der Waals surface area contributed by atoms with Crippen LogP contribution in [0.5, 0.6) is 0 Å². The van der Waals surface area contributed by atoms with Crippen LogP contribution in [0.25, 0.3) is 10.8 Å². The monoisotopic (exact) mass is 354 g/mol. The summed E-state index contributed by atoms with van der Waals surface area (Å²) in [6.45, 7) is 3.45. The molecule has 144 valence electrons. The van der Waals surface area contributed by atoms with Crippen molar-refractivity contribution in [1.29, 1.82) is 0 Å². The Hall–Kier alpha value is -1.37. The summed E-state index contributed by atoms with van der Waals surface area (Å²) >= 11 is 0. The summed E-state index contributed by atoms with van der Waals surface area (Å²) in [5.41, 5.74) is 0. The topological polar surface area (TPSA) is 3.88 Å². The summed E-state index contributed by atoms with van der Waals surface area (Å²) in [5.74, 6) is 0. The number of benzene rings is 1. The Kier molecular flexibility index (Phi) is 11.1. The lowest BCUT2D eigenvalue weighted by Gasteiger charge is -2.03. The average Bonchev–Trinajstić information content (AvgIpc) is 2.68. The molecule has 1 heteroatoms. The highest BCUT2D eigenvalue weighted by Gasteiger charge is 2.02. The van der Waals surface area contributed by atoms with Crippen molar-refractivity contribution in [2.24, 2.45) is 0 Å². The van der Waals surface area contributed by atoms with E-state index in [0.717, 1.165) is 6.54 Å². The van der Waals surface area contributed by atoms with Gasteiger partial charge in [-0.25, -0.2) is 4.57 Å². The van der Waals surface area contributed by atoms with E-state index in [2.05, 4.69) is 54.2 Å². The zero-order chi connectivity index (χ0) is 18.3. The number of unbranched alkanes of at least 4 members (excludes halogenated alkanes) is 13. The Morgan fingerprint density at radius 2 is 1.08 bits per heavy atom. The number of hydrogen-bond donors (Lipinski definition) is 0. The van der Waals surface area contributed by atoms with Gasteiger partial charge in [0.05, 0.1) is 0 Å². The van der Waals surface area contributed by atoms with E-state index < -0.39 is 0 Å². The number of fused-ring (bicyclic) bond motifs is 1. The summed E-state index contributed by atoms with van der Waals surface area (Å²) in [7, 11) is 0. The van der Waals surface area contributed by atoms with Crippen molar-refractivity contribution in [3.05, 3.63) is 42.7 Å². The minimum Gasteiger partial charge on any atom is -0.205 e. The lowest BCUT2D eigenvalue weighted by molar-refractivity contribution is -0.696. The second-order valence-corrected chi connectivity index (χ2v) is 7.91. The number of pyridine rings is 1. The van der Waals surface area contributed by atoms with Gasteiger partial charge >= 0.3 is 0 Å². The van der Waals surface area contributed by atoms with Crippen molar-refractivity contribution in [3.63, 3.8) is 0 Å². The summed E-state index contributed by atoms with van der Waals surface area (Å²) < 4.78 is 2.35. The fourth-order valence-electron chi connectivity index (χ4n) is 3.81. The molecule has 0 atom stereocenters. The van der Waals surface area contributed by atoms with Crippen LogP contribution in [0.15, 0.2) is 42.7 Å². The Labute approximate surface area is 161 Å². The van der Waals surface area contributed by atoms with E-state index >= 15 is 0 Å². The molecule has 1 aromatic heterocycles. The Morgan fingerprint density at radius 3 is 1.65 bits per heavy atom. The highest BCUT2D eigenvalue weighted by Crippen LogP contribution is 2.13. The zero-order valence-electron chi connectivity index (χ0n) is 17.1. The van der Waals surface area contributed by atoms with Gasteiger partial charge in [0, 0.05) is 17.9 Å². The summed E-state index contributed by atoms with van der Waals surface area (Å²) in [4.78, 5) is 0. The normalized spacial score (nSPS) is 11.3. The third kappa shape index (κ3) is 8.83. The lowest BCUT2D eigenvalue weighted by Crippen LogP contribution is -2.32. The molecule has 0 spiro atoms. The maximum absolute atomic E-state index is 2.35. The van der Waals surface area contributed by atoms with Gasteiger partial charge in [0.1, 0.15) is 6.54 Å². The predicted molar refractivity (Wildman–Crippen MR) is 114 cm³/mol. The van der Waals surface area contributed by atoms with Gasteiger partial charge in [0.25, 0.3) is 0 Å². The summed E-state index contributed by atoms with van der Waals surface area (Å²) in [5, 5.41) is 2.69. The van der Waals surface area contributed by atoms with Crippen LogP contribution in [-0.2, 0) is 6.54 Å². The van der Waals surface area contributed by atoms with Crippen molar-refractivity contribution in [2.75, 3.05) is 0 Å². The largest absolute Gasteiger partial charge is 0.205 e. The van der Waals surface area contributed by atoms with Gasteiger partial charge in [-0.1, -0.05) is 102 Å². The molecule has 0 amide bonds. The van der Waals surface area contributed by atoms with E-state index in [1.165, 1.54) is 101 Å². The molecule has 0 fully saturated rings. The first-order chi connectivity index (χ1) is 12.9. The Balaban J connectivity index is 1.40. The third-order valence-electron chi connectivity index (χ3n) is 5.52. The molecule has 0 saturated heterocycles. The van der Waals surface area contributed by atoms with Crippen molar-refractivity contribution < 1.29 is 4.57 Å². The van der Waals surface area contributed by atoms with Crippen molar-refractivity contribution in [3.8, 4) is 0 Å². The standard InChI is InChI=1S/C25H40N/c1-2-3-4-5-6-7-8-9-10-11-12-13-14-17-21-26-22-20-24-18-15-16-19-25(24)23-26/h15-16,18-20,22-23H,2-14,17,21H2,1H3/q+1. The highest BCUT2D eigenvalue weighted by atomic mass is 14.9. The highest BCUT2D eigenvalue weighted by molar-refractivity contribution is 5.80. The van der Waals surface area contributed by atoms with Crippen LogP contribution in [0.3, 0.4) is 0 Å². The maximum Gasteiger partial charge on any atom is 0.176 e. The Morgan fingerprint density at radius 1 is 0.577 bits per heavy atom. The van der Waals surface area contributed by atoms with Crippen molar-refractivity contribution in [1.82, 2.24) is 0 Å². The van der Waals surface area contributed by atoms with E-state index in [9.17, 15) is 0 Å². The summed E-state index contributed by atoms with van der Waals surface area (Å²) in [6, 6.07) is 10.9. The molecule has 26 heavy (non-hydrogen) atoms. The second-order valence-electron chi connectivity index (χ2n) is 7.91. The maximum atomic E-state index is 2.35. The molecule has 0 bridgehead atoms. The molecule has 0 aliphatic heterocycles. The minimum atomic E-state index is 1.16. The first kappa shape index (κ1) is 20.9. The van der Waals surface area contributed by atoms with Gasteiger partial charge in [-0.2, -0.15) is 0 Å². The molecule has 2 aromatic rings. The second kappa shape index (κ2) is 13.8. The van der Waals surface area contributed by atoms with Crippen LogP contribution in [-0.4, -0.2) is 0 Å². The van der Waals surface area contributed by atoms with Gasteiger partial charge in [-0.3, -0.25) is 0 Å². The van der Waals surface area contributed by atoms with Gasteiger partial charge in [-0.15, -0.1) is 0 Å². The fraction of sp³-hybridized carbons (Fsp3) is 0.640. The lowest BCUT2D eigenvalue weighted by atomic mass is 10.0. The molecule has 1 aromatic carbocycles. The number of hydrogen-bond acceptors (Lipinski definition) is 0. The third-order valence-corrected chi connectivity index (χ3v) is 5.52. The Bertz CT molecular complexity index is 589. The van der Waals surface area contributed by atoms with Gasteiger partial charge in [0.15, 0.2) is 12.4 Å². The van der Waals surface area contributed by atoms with E-state index in [1.807, 2.05) is 0 Å². The number of aryl methyl sites for hydroxylation is 1. The molecular formula is C25H40N+. The van der Waals surface area contributed by atoms with Crippen LogP contribution in [0, 0.1) is 0 Å². The molecule has 0 aliphatic carbocycles. The van der Waals surface area contributed by atoms with E-state index in [1.54, 1.807) is 0 Å². The smallest absolute Gasteiger partial charge is 0.176 e. The first-order valence-corrected chi connectivity index (χ1v) is 11.3. The van der Waals surface area contributed by atoms with Crippen LogP contribution in [0.1, 0.15) is 96.8 Å². The van der Waals surface area contributed by atoms with Crippen molar-refractivity contribution in [2.45, 2.75) is 103 Å². The SMILES string of the molecule is CCCCCCCCCCCCCCCC[n+]1ccc2ccccc2c1. The quantitative estimate of drug-likeness (QED) is 0.229. The zero-order valence-corrected chi connectivity index (χ0v) is 17.1. The molecule has 0 radical (unpaired) electrons. The van der Waals surface area contributed by atoms with Gasteiger partial charge < -0.3 is 0 Å². The molecule has 0 saturated carbocycles. The number of nitrogens with zero attached hydrogens (tertiary/aromatic N) is 1. The van der Waals surface area contributed by atoms with Crippen molar-refractivity contribution >= 4 is 10.8 Å². The molecule has 1 nitrogen and oxygen atoms in total. The van der Waals surface area contributed by atoms with E-state index in [4.69, 9.17) is 0 Å². The van der Waals surface area contributed by atoms with Crippen LogP contribution in [0.2, 0.25) is 0 Å². The first-order valence-electron chi connectivity index (χ1n) is 11.3. The molecule has 0 N–H and O–H groups in total. The average molecular weight is 355 g/mol. The van der Waals surface area contributed by atoms with Crippen LogP contribution < -0.4 is 4.57 Å². The van der Waals surface area contributed by atoms with Crippen LogP contribution >= 0.6 is 0 Å². The van der Waals surface area contributed by atoms with E-state index in [0.29, 0.717) is 0 Å². The van der Waals surface area contributed by atoms with Gasteiger partial charge in [-0.05, 0) is 17.9 Å². The number of rotatable bonds is 15. The molecule has 1 heterocycles. The van der Waals surface area contributed by atoms with E-state index in [-0.39, 0.29) is 0 Å². The number of aromatic nitrogens is 1. The van der Waals surface area contributed by atoms with Gasteiger partial charge in [0.2, 0.25) is 0 Å². The fourth-order valence-corrected chi connectivity index (χ4v) is 3.81. The predicted octanol–water partition coefficient (Wildman–Crippen LogP) is 7.61. The molecule has 0 unspecified atom stereocenters. The molecule has 0 aliphatic rings. The molecule has 2 rings (SSSR count).